The van der Waals surface area contributed by atoms with Gasteiger partial charge in [0.15, 0.2) is 0 Å². The first-order chi connectivity index (χ1) is 9.83. The molecule has 0 aromatic heterocycles. The molecule has 0 spiro atoms. The van der Waals surface area contributed by atoms with E-state index in [2.05, 4.69) is 54.1 Å². The summed E-state index contributed by atoms with van der Waals surface area (Å²) in [5.74, 6) is 6.78. The Hall–Kier alpha value is -1.49. The summed E-state index contributed by atoms with van der Waals surface area (Å²) in [6.45, 7) is 0.759. The SMILES string of the molecule is CSc1ccc(C(NN)c2cccc3c2OCC3)cc1. The van der Waals surface area contributed by atoms with Gasteiger partial charge >= 0.3 is 0 Å². The van der Waals surface area contributed by atoms with Crippen molar-refractivity contribution in [1.82, 2.24) is 5.43 Å². The van der Waals surface area contributed by atoms with Crippen LogP contribution in [-0.2, 0) is 6.42 Å². The highest BCUT2D eigenvalue weighted by Crippen LogP contribution is 2.36. The number of benzene rings is 2. The van der Waals surface area contributed by atoms with Crippen molar-refractivity contribution in [1.29, 1.82) is 0 Å². The predicted octanol–water partition coefficient (Wildman–Crippen LogP) is 2.90. The molecular formula is C16H18N2OS. The van der Waals surface area contributed by atoms with E-state index in [0.29, 0.717) is 0 Å². The highest BCUT2D eigenvalue weighted by Gasteiger charge is 2.22. The minimum absolute atomic E-state index is 0.0426. The summed E-state index contributed by atoms with van der Waals surface area (Å²) >= 11 is 1.74. The highest BCUT2D eigenvalue weighted by molar-refractivity contribution is 7.98. The number of nitrogens with one attached hydrogen (secondary N) is 1. The van der Waals surface area contributed by atoms with E-state index >= 15 is 0 Å². The summed E-state index contributed by atoms with van der Waals surface area (Å²) in [4.78, 5) is 1.25. The molecule has 1 aliphatic rings. The smallest absolute Gasteiger partial charge is 0.127 e. The van der Waals surface area contributed by atoms with E-state index in [1.807, 2.05) is 0 Å². The summed E-state index contributed by atoms with van der Waals surface area (Å²) in [5, 5.41) is 0. The average Bonchev–Trinajstić information content (AvgIpc) is 2.98. The monoisotopic (exact) mass is 286 g/mol. The van der Waals surface area contributed by atoms with Gasteiger partial charge < -0.3 is 4.74 Å². The molecule has 3 rings (SSSR count). The molecule has 3 N–H and O–H groups in total. The van der Waals surface area contributed by atoms with E-state index < -0.39 is 0 Å². The standard InChI is InChI=1S/C16H18N2OS/c1-20-13-7-5-11(6-8-13)15(18-17)14-4-2-3-12-9-10-19-16(12)14/h2-8,15,18H,9-10,17H2,1H3. The maximum atomic E-state index is 5.79. The molecule has 2 aromatic rings. The van der Waals surface area contributed by atoms with Crippen LogP contribution in [-0.4, -0.2) is 12.9 Å². The Labute approximate surface area is 123 Å². The van der Waals surface area contributed by atoms with Crippen LogP contribution in [0.5, 0.6) is 5.75 Å². The minimum Gasteiger partial charge on any atom is -0.493 e. The summed E-state index contributed by atoms with van der Waals surface area (Å²) in [6, 6.07) is 14.7. The Morgan fingerprint density at radius 1 is 1.20 bits per heavy atom. The lowest BCUT2D eigenvalue weighted by Crippen LogP contribution is -2.29. The first-order valence-electron chi connectivity index (χ1n) is 6.68. The molecule has 1 aliphatic heterocycles. The molecule has 1 heterocycles. The van der Waals surface area contributed by atoms with Crippen LogP contribution in [0.4, 0.5) is 0 Å². The second-order valence-electron chi connectivity index (χ2n) is 4.81. The fraction of sp³-hybridized carbons (Fsp3) is 0.250. The Morgan fingerprint density at radius 2 is 2.00 bits per heavy atom. The average molecular weight is 286 g/mol. The van der Waals surface area contributed by atoms with Crippen molar-refractivity contribution < 1.29 is 4.74 Å². The Balaban J connectivity index is 1.99. The van der Waals surface area contributed by atoms with Crippen molar-refractivity contribution in [3.8, 4) is 5.75 Å². The number of nitrogens with two attached hydrogens (primary N) is 1. The molecule has 3 nitrogen and oxygen atoms in total. The fourth-order valence-electron chi connectivity index (χ4n) is 2.63. The van der Waals surface area contributed by atoms with Crippen LogP contribution in [0.15, 0.2) is 47.4 Å². The zero-order valence-corrected chi connectivity index (χ0v) is 12.2. The zero-order chi connectivity index (χ0) is 13.9. The van der Waals surface area contributed by atoms with Crippen LogP contribution in [0.3, 0.4) is 0 Å². The lowest BCUT2D eigenvalue weighted by atomic mass is 9.96. The van der Waals surface area contributed by atoms with E-state index in [4.69, 9.17) is 10.6 Å². The van der Waals surface area contributed by atoms with Crippen LogP contribution < -0.4 is 16.0 Å². The molecule has 0 aliphatic carbocycles. The molecule has 0 saturated heterocycles. The summed E-state index contributed by atoms with van der Waals surface area (Å²) in [5.41, 5.74) is 6.44. The van der Waals surface area contributed by atoms with Gasteiger partial charge in [-0.2, -0.15) is 0 Å². The molecule has 0 bridgehead atoms. The Morgan fingerprint density at radius 3 is 2.70 bits per heavy atom. The number of hydrogen-bond donors (Lipinski definition) is 2. The molecule has 1 atom stereocenters. The van der Waals surface area contributed by atoms with E-state index in [1.54, 1.807) is 11.8 Å². The van der Waals surface area contributed by atoms with Gasteiger partial charge in [0, 0.05) is 16.9 Å². The first kappa shape index (κ1) is 13.5. The molecular weight excluding hydrogens is 268 g/mol. The minimum atomic E-state index is -0.0426. The lowest BCUT2D eigenvalue weighted by molar-refractivity contribution is 0.350. The van der Waals surface area contributed by atoms with Crippen molar-refractivity contribution in [3.05, 3.63) is 59.2 Å². The van der Waals surface area contributed by atoms with Crippen LogP contribution in [0.2, 0.25) is 0 Å². The summed E-state index contributed by atoms with van der Waals surface area (Å²) < 4.78 is 5.78. The number of para-hydroxylation sites is 1. The number of hydrazine groups is 1. The van der Waals surface area contributed by atoms with Gasteiger partial charge in [0.2, 0.25) is 0 Å². The first-order valence-corrected chi connectivity index (χ1v) is 7.90. The lowest BCUT2D eigenvalue weighted by Gasteiger charge is -2.19. The van der Waals surface area contributed by atoms with Gasteiger partial charge in [-0.05, 0) is 29.5 Å². The second-order valence-corrected chi connectivity index (χ2v) is 5.69. The largest absolute Gasteiger partial charge is 0.493 e. The third kappa shape index (κ3) is 2.42. The van der Waals surface area contributed by atoms with Crippen LogP contribution in [0.25, 0.3) is 0 Å². The maximum absolute atomic E-state index is 5.79. The van der Waals surface area contributed by atoms with Crippen molar-refractivity contribution in [2.45, 2.75) is 17.4 Å². The molecule has 0 saturated carbocycles. The number of thioether (sulfide) groups is 1. The van der Waals surface area contributed by atoms with Crippen molar-refractivity contribution in [3.63, 3.8) is 0 Å². The van der Waals surface area contributed by atoms with Crippen molar-refractivity contribution >= 4 is 11.8 Å². The van der Waals surface area contributed by atoms with Gasteiger partial charge in [0.25, 0.3) is 0 Å². The summed E-state index contributed by atoms with van der Waals surface area (Å²) in [6.07, 6.45) is 3.05. The molecule has 1 unspecified atom stereocenters. The highest BCUT2D eigenvalue weighted by atomic mass is 32.2. The quantitative estimate of drug-likeness (QED) is 0.515. The van der Waals surface area contributed by atoms with Crippen LogP contribution in [0, 0.1) is 0 Å². The molecule has 0 amide bonds. The third-order valence-electron chi connectivity index (χ3n) is 3.67. The molecule has 0 fully saturated rings. The Kier molecular flexibility index (Phi) is 3.96. The molecule has 104 valence electrons. The van der Waals surface area contributed by atoms with Crippen LogP contribution in [0.1, 0.15) is 22.7 Å². The Bertz CT molecular complexity index is 598. The van der Waals surface area contributed by atoms with Gasteiger partial charge in [-0.1, -0.05) is 30.3 Å². The molecule has 4 heteroatoms. The summed E-state index contributed by atoms with van der Waals surface area (Å²) in [7, 11) is 0. The topological polar surface area (TPSA) is 47.3 Å². The van der Waals surface area contributed by atoms with Crippen LogP contribution >= 0.6 is 11.8 Å². The van der Waals surface area contributed by atoms with E-state index in [1.165, 1.54) is 10.5 Å². The number of fused-ring (bicyclic) bond motifs is 1. The number of ether oxygens (including phenoxy) is 1. The predicted molar refractivity (Wildman–Crippen MR) is 83.0 cm³/mol. The zero-order valence-electron chi connectivity index (χ0n) is 11.4. The van der Waals surface area contributed by atoms with E-state index in [-0.39, 0.29) is 6.04 Å². The fourth-order valence-corrected chi connectivity index (χ4v) is 3.04. The number of rotatable bonds is 4. The maximum Gasteiger partial charge on any atom is 0.127 e. The normalized spacial score (nSPS) is 14.7. The van der Waals surface area contributed by atoms with Gasteiger partial charge in [-0.3, -0.25) is 5.84 Å². The van der Waals surface area contributed by atoms with Crippen molar-refractivity contribution in [2.24, 2.45) is 5.84 Å². The second kappa shape index (κ2) is 5.87. The molecule has 2 aromatic carbocycles. The molecule has 0 radical (unpaired) electrons. The van der Waals surface area contributed by atoms with Crippen molar-refractivity contribution in [2.75, 3.05) is 12.9 Å². The number of hydrogen-bond acceptors (Lipinski definition) is 4. The van der Waals surface area contributed by atoms with E-state index in [0.717, 1.165) is 29.9 Å². The van der Waals surface area contributed by atoms with Gasteiger partial charge in [0.1, 0.15) is 5.75 Å². The molecule has 20 heavy (non-hydrogen) atoms. The van der Waals surface area contributed by atoms with Gasteiger partial charge in [-0.25, -0.2) is 5.43 Å². The van der Waals surface area contributed by atoms with Gasteiger partial charge in [0.05, 0.1) is 12.6 Å². The van der Waals surface area contributed by atoms with Gasteiger partial charge in [-0.15, -0.1) is 11.8 Å². The van der Waals surface area contributed by atoms with E-state index in [9.17, 15) is 0 Å². The third-order valence-corrected chi connectivity index (χ3v) is 4.42.